The molecule has 1 atom stereocenters. The molecule has 112 valence electrons. The van der Waals surface area contributed by atoms with Crippen LogP contribution in [0.15, 0.2) is 48.5 Å². The molecule has 0 spiro atoms. The first-order valence-electron chi connectivity index (χ1n) is 7.74. The summed E-state index contributed by atoms with van der Waals surface area (Å²) in [6.07, 6.45) is 1.02. The molecule has 0 saturated carbocycles. The third-order valence-corrected chi connectivity index (χ3v) is 4.01. The summed E-state index contributed by atoms with van der Waals surface area (Å²) >= 11 is 0. The highest BCUT2D eigenvalue weighted by Gasteiger charge is 2.21. The Kier molecular flexibility index (Phi) is 4.84. The van der Waals surface area contributed by atoms with E-state index in [0.717, 1.165) is 6.42 Å². The summed E-state index contributed by atoms with van der Waals surface area (Å²) in [5, 5.41) is 3.50. The summed E-state index contributed by atoms with van der Waals surface area (Å²) < 4.78 is 0. The standard InChI is InChI=1S/C20H27N/c1-15-9-8-10-16(13-15)14-19(21-5)17-11-6-7-12-18(17)20(2,3)4/h6-13,19,21H,14H2,1-5H3. The summed E-state index contributed by atoms with van der Waals surface area (Å²) in [5.41, 5.74) is 5.72. The molecule has 2 aromatic carbocycles. The van der Waals surface area contributed by atoms with Gasteiger partial charge in [-0.3, -0.25) is 0 Å². The highest BCUT2D eigenvalue weighted by atomic mass is 14.9. The van der Waals surface area contributed by atoms with Crippen LogP contribution in [0.3, 0.4) is 0 Å². The summed E-state index contributed by atoms with van der Waals surface area (Å²) in [6, 6.07) is 18.0. The van der Waals surface area contributed by atoms with Gasteiger partial charge >= 0.3 is 0 Å². The lowest BCUT2D eigenvalue weighted by molar-refractivity contribution is 0.539. The van der Waals surface area contributed by atoms with Gasteiger partial charge < -0.3 is 5.32 Å². The van der Waals surface area contributed by atoms with Crippen LogP contribution < -0.4 is 5.32 Å². The van der Waals surface area contributed by atoms with E-state index in [1.54, 1.807) is 0 Å². The lowest BCUT2D eigenvalue weighted by Gasteiger charge is -2.27. The van der Waals surface area contributed by atoms with Gasteiger partial charge in [0, 0.05) is 6.04 Å². The van der Waals surface area contributed by atoms with Crippen LogP contribution in [0.25, 0.3) is 0 Å². The fraction of sp³-hybridized carbons (Fsp3) is 0.400. The van der Waals surface area contributed by atoms with E-state index in [9.17, 15) is 0 Å². The normalized spacial score (nSPS) is 13.2. The summed E-state index contributed by atoms with van der Waals surface area (Å²) in [5.74, 6) is 0. The predicted molar refractivity (Wildman–Crippen MR) is 91.8 cm³/mol. The van der Waals surface area contributed by atoms with E-state index in [2.05, 4.69) is 88.6 Å². The SMILES string of the molecule is CNC(Cc1cccc(C)c1)c1ccccc1C(C)(C)C. The maximum atomic E-state index is 3.50. The largest absolute Gasteiger partial charge is 0.313 e. The molecule has 0 saturated heterocycles. The zero-order chi connectivity index (χ0) is 15.5. The molecular formula is C20H27N. The van der Waals surface area contributed by atoms with Crippen LogP contribution in [0.5, 0.6) is 0 Å². The Hall–Kier alpha value is -1.60. The van der Waals surface area contributed by atoms with Gasteiger partial charge in [0.1, 0.15) is 0 Å². The summed E-state index contributed by atoms with van der Waals surface area (Å²) in [7, 11) is 2.06. The first-order valence-corrected chi connectivity index (χ1v) is 7.74. The first kappa shape index (κ1) is 15.8. The van der Waals surface area contributed by atoms with E-state index in [-0.39, 0.29) is 5.41 Å². The molecular weight excluding hydrogens is 254 g/mol. The maximum Gasteiger partial charge on any atom is 0.0361 e. The van der Waals surface area contributed by atoms with Gasteiger partial charge in [0.2, 0.25) is 0 Å². The molecule has 21 heavy (non-hydrogen) atoms. The third kappa shape index (κ3) is 3.95. The first-order chi connectivity index (χ1) is 9.91. The highest BCUT2D eigenvalue weighted by molar-refractivity contribution is 5.36. The number of nitrogens with one attached hydrogen (secondary N) is 1. The quantitative estimate of drug-likeness (QED) is 0.849. The minimum atomic E-state index is 0.165. The second kappa shape index (κ2) is 6.44. The Morgan fingerprint density at radius 1 is 1.00 bits per heavy atom. The average molecular weight is 281 g/mol. The topological polar surface area (TPSA) is 12.0 Å². The van der Waals surface area contributed by atoms with Gasteiger partial charge in [-0.15, -0.1) is 0 Å². The molecule has 0 aliphatic carbocycles. The molecule has 2 rings (SSSR count). The lowest BCUT2D eigenvalue weighted by Crippen LogP contribution is -2.24. The van der Waals surface area contributed by atoms with Crippen LogP contribution >= 0.6 is 0 Å². The Balaban J connectivity index is 2.34. The van der Waals surface area contributed by atoms with E-state index >= 15 is 0 Å². The Morgan fingerprint density at radius 3 is 2.33 bits per heavy atom. The summed E-state index contributed by atoms with van der Waals surface area (Å²) in [6.45, 7) is 9.00. The highest BCUT2D eigenvalue weighted by Crippen LogP contribution is 2.31. The minimum Gasteiger partial charge on any atom is -0.313 e. The molecule has 0 bridgehead atoms. The number of rotatable bonds is 4. The van der Waals surface area contributed by atoms with Crippen molar-refractivity contribution in [3.05, 3.63) is 70.8 Å². The molecule has 2 aromatic rings. The van der Waals surface area contributed by atoms with Gasteiger partial charge in [0.25, 0.3) is 0 Å². The second-order valence-corrected chi connectivity index (χ2v) is 6.87. The molecule has 0 radical (unpaired) electrons. The van der Waals surface area contributed by atoms with E-state index in [0.29, 0.717) is 6.04 Å². The van der Waals surface area contributed by atoms with Crippen LogP contribution in [0, 0.1) is 6.92 Å². The molecule has 1 N–H and O–H groups in total. The van der Waals surface area contributed by atoms with Crippen LogP contribution in [0.4, 0.5) is 0 Å². The molecule has 1 unspecified atom stereocenters. The van der Waals surface area contributed by atoms with E-state index in [1.807, 2.05) is 0 Å². The fourth-order valence-corrected chi connectivity index (χ4v) is 2.93. The fourth-order valence-electron chi connectivity index (χ4n) is 2.93. The van der Waals surface area contributed by atoms with Gasteiger partial charge in [0.05, 0.1) is 0 Å². The number of benzene rings is 2. The van der Waals surface area contributed by atoms with Crippen molar-refractivity contribution in [3.63, 3.8) is 0 Å². The molecule has 1 heteroatoms. The minimum absolute atomic E-state index is 0.165. The van der Waals surface area contributed by atoms with Gasteiger partial charge in [-0.25, -0.2) is 0 Å². The molecule has 0 amide bonds. The number of hydrogen-bond donors (Lipinski definition) is 1. The molecule has 0 aliphatic heterocycles. The molecule has 1 nitrogen and oxygen atoms in total. The van der Waals surface area contributed by atoms with Crippen LogP contribution in [-0.4, -0.2) is 7.05 Å². The number of hydrogen-bond acceptors (Lipinski definition) is 1. The smallest absolute Gasteiger partial charge is 0.0361 e. The van der Waals surface area contributed by atoms with Crippen molar-refractivity contribution < 1.29 is 0 Å². The zero-order valence-electron chi connectivity index (χ0n) is 13.9. The summed E-state index contributed by atoms with van der Waals surface area (Å²) in [4.78, 5) is 0. The van der Waals surface area contributed by atoms with Crippen LogP contribution in [0.1, 0.15) is 49.1 Å². The van der Waals surface area contributed by atoms with Crippen molar-refractivity contribution in [3.8, 4) is 0 Å². The van der Waals surface area contributed by atoms with Gasteiger partial charge in [-0.1, -0.05) is 74.9 Å². The average Bonchev–Trinajstić information content (AvgIpc) is 2.44. The number of likely N-dealkylation sites (N-methyl/N-ethyl adjacent to an activating group) is 1. The van der Waals surface area contributed by atoms with Crippen molar-refractivity contribution in [1.82, 2.24) is 5.32 Å². The van der Waals surface area contributed by atoms with Crippen molar-refractivity contribution in [2.45, 2.75) is 45.6 Å². The maximum absolute atomic E-state index is 3.50. The monoisotopic (exact) mass is 281 g/mol. The van der Waals surface area contributed by atoms with Crippen LogP contribution in [-0.2, 0) is 11.8 Å². The second-order valence-electron chi connectivity index (χ2n) is 6.87. The Morgan fingerprint density at radius 2 is 1.71 bits per heavy atom. The van der Waals surface area contributed by atoms with Crippen molar-refractivity contribution in [1.29, 1.82) is 0 Å². The third-order valence-electron chi connectivity index (χ3n) is 4.01. The molecule has 0 heterocycles. The van der Waals surface area contributed by atoms with E-state index < -0.39 is 0 Å². The zero-order valence-corrected chi connectivity index (χ0v) is 13.9. The molecule has 0 aromatic heterocycles. The Bertz CT molecular complexity index is 593. The predicted octanol–water partition coefficient (Wildman–Crippen LogP) is 4.80. The number of aryl methyl sites for hydroxylation is 1. The van der Waals surface area contributed by atoms with Crippen molar-refractivity contribution in [2.75, 3.05) is 7.05 Å². The lowest BCUT2D eigenvalue weighted by atomic mass is 9.81. The van der Waals surface area contributed by atoms with Gasteiger partial charge in [-0.05, 0) is 42.5 Å². The van der Waals surface area contributed by atoms with Gasteiger partial charge in [-0.2, -0.15) is 0 Å². The van der Waals surface area contributed by atoms with E-state index in [1.165, 1.54) is 22.3 Å². The van der Waals surface area contributed by atoms with Crippen LogP contribution in [0.2, 0.25) is 0 Å². The Labute approximate surface area is 129 Å². The van der Waals surface area contributed by atoms with Gasteiger partial charge in [0.15, 0.2) is 0 Å². The molecule has 0 fully saturated rings. The van der Waals surface area contributed by atoms with Crippen molar-refractivity contribution >= 4 is 0 Å². The van der Waals surface area contributed by atoms with E-state index in [4.69, 9.17) is 0 Å². The molecule has 0 aliphatic rings. The van der Waals surface area contributed by atoms with Crippen molar-refractivity contribution in [2.24, 2.45) is 0 Å².